The number of rotatable bonds is 8. The van der Waals surface area contributed by atoms with E-state index in [1.165, 1.54) is 0 Å². The maximum Gasteiger partial charge on any atom is 0.258 e. The summed E-state index contributed by atoms with van der Waals surface area (Å²) in [6, 6.07) is 3.67. The van der Waals surface area contributed by atoms with Crippen molar-refractivity contribution in [3.8, 4) is 5.75 Å². The third kappa shape index (κ3) is 6.49. The zero-order valence-electron chi connectivity index (χ0n) is 12.3. The van der Waals surface area contributed by atoms with Gasteiger partial charge in [-0.25, -0.2) is 0 Å². The third-order valence-corrected chi connectivity index (χ3v) is 2.52. The van der Waals surface area contributed by atoms with Gasteiger partial charge in [-0.3, -0.25) is 9.78 Å². The number of aromatic nitrogens is 1. The van der Waals surface area contributed by atoms with E-state index in [1.54, 1.807) is 19.4 Å². The van der Waals surface area contributed by atoms with Gasteiger partial charge in [-0.1, -0.05) is 0 Å². The number of nitrogens with one attached hydrogen (secondary N) is 1. The van der Waals surface area contributed by atoms with Gasteiger partial charge in [-0.2, -0.15) is 0 Å². The van der Waals surface area contributed by atoms with Gasteiger partial charge in [0.2, 0.25) is 0 Å². The first-order valence-electron chi connectivity index (χ1n) is 6.63. The van der Waals surface area contributed by atoms with Crippen molar-refractivity contribution in [2.75, 3.05) is 20.3 Å². The Morgan fingerprint density at radius 3 is 2.75 bits per heavy atom. The minimum absolute atomic E-state index is 0.0392. The van der Waals surface area contributed by atoms with E-state index in [1.807, 2.05) is 19.9 Å². The summed E-state index contributed by atoms with van der Waals surface area (Å²) in [4.78, 5) is 15.8. The molecule has 0 saturated carbocycles. The third-order valence-electron chi connectivity index (χ3n) is 2.52. The van der Waals surface area contributed by atoms with Crippen LogP contribution in [0.25, 0.3) is 0 Å². The minimum atomic E-state index is -0.186. The van der Waals surface area contributed by atoms with Crippen molar-refractivity contribution in [3.05, 3.63) is 24.0 Å². The maximum absolute atomic E-state index is 11.6. The summed E-state index contributed by atoms with van der Waals surface area (Å²) in [5.41, 5.74) is 6.61. The molecule has 1 aromatic heterocycles. The fourth-order valence-corrected chi connectivity index (χ4v) is 1.70. The maximum atomic E-state index is 11.6. The molecule has 2 unspecified atom stereocenters. The molecule has 1 aromatic rings. The Balaban J connectivity index is 2.36. The topological polar surface area (TPSA) is 86.5 Å². The zero-order valence-corrected chi connectivity index (χ0v) is 12.3. The Hall–Kier alpha value is -1.66. The van der Waals surface area contributed by atoms with Crippen LogP contribution in [0, 0.1) is 0 Å². The molecule has 0 bridgehead atoms. The Morgan fingerprint density at radius 1 is 1.45 bits per heavy atom. The molecule has 0 saturated heterocycles. The number of nitrogens with zero attached hydrogens (tertiary/aromatic N) is 1. The fraction of sp³-hybridized carbons (Fsp3) is 0.571. The van der Waals surface area contributed by atoms with Crippen LogP contribution in [0.2, 0.25) is 0 Å². The van der Waals surface area contributed by atoms with Crippen LogP contribution in [0.3, 0.4) is 0 Å². The summed E-state index contributed by atoms with van der Waals surface area (Å²) in [5, 5.41) is 2.76. The molecule has 6 heteroatoms. The molecule has 1 rings (SSSR count). The lowest BCUT2D eigenvalue weighted by Crippen LogP contribution is -2.38. The quantitative estimate of drug-likeness (QED) is 0.724. The number of methoxy groups -OCH3 is 1. The molecule has 0 aliphatic heterocycles. The average molecular weight is 281 g/mol. The van der Waals surface area contributed by atoms with E-state index in [9.17, 15) is 4.79 Å². The normalized spacial score (nSPS) is 13.6. The molecule has 0 aliphatic rings. The second kappa shape index (κ2) is 8.50. The van der Waals surface area contributed by atoms with Gasteiger partial charge in [-0.05, 0) is 26.0 Å². The van der Waals surface area contributed by atoms with Crippen LogP contribution < -0.4 is 15.8 Å². The molecule has 0 spiro atoms. The molecule has 6 nitrogen and oxygen atoms in total. The second-order valence-electron chi connectivity index (χ2n) is 4.88. The van der Waals surface area contributed by atoms with Crippen molar-refractivity contribution in [1.29, 1.82) is 0 Å². The van der Waals surface area contributed by atoms with Crippen molar-refractivity contribution >= 4 is 5.91 Å². The number of ether oxygens (including phenoxy) is 2. The molecular formula is C14H23N3O3. The average Bonchev–Trinajstić information content (AvgIpc) is 2.37. The number of carbonyl (C=O) groups excluding carboxylic acids is 1. The van der Waals surface area contributed by atoms with Crippen LogP contribution in [0.1, 0.15) is 19.5 Å². The van der Waals surface area contributed by atoms with Crippen molar-refractivity contribution < 1.29 is 14.3 Å². The van der Waals surface area contributed by atoms with Crippen molar-refractivity contribution in [3.63, 3.8) is 0 Å². The van der Waals surface area contributed by atoms with Gasteiger partial charge in [-0.15, -0.1) is 0 Å². The highest BCUT2D eigenvalue weighted by atomic mass is 16.5. The summed E-state index contributed by atoms with van der Waals surface area (Å²) < 4.78 is 10.3. The van der Waals surface area contributed by atoms with Gasteiger partial charge in [0, 0.05) is 31.3 Å². The molecule has 3 N–H and O–H groups in total. The Kier molecular flexibility index (Phi) is 6.97. The number of hydrogen-bond acceptors (Lipinski definition) is 5. The lowest BCUT2D eigenvalue weighted by atomic mass is 10.2. The molecule has 0 aromatic carbocycles. The van der Waals surface area contributed by atoms with Crippen molar-refractivity contribution in [2.24, 2.45) is 5.73 Å². The summed E-state index contributed by atoms with van der Waals surface area (Å²) in [6.07, 6.45) is 2.32. The minimum Gasteiger partial charge on any atom is -0.482 e. The predicted octanol–water partition coefficient (Wildman–Crippen LogP) is 0.501. The van der Waals surface area contributed by atoms with Gasteiger partial charge in [0.25, 0.3) is 5.91 Å². The molecule has 0 fully saturated rings. The molecule has 112 valence electrons. The first kappa shape index (κ1) is 16.4. The molecule has 0 aliphatic carbocycles. The number of nitrogens with two attached hydrogens (primary N) is 1. The van der Waals surface area contributed by atoms with E-state index in [0.29, 0.717) is 12.4 Å². The standard InChI is InChI=1S/C14H23N3O3/c1-10(15)6-12-4-5-13(7-16-12)20-9-14(18)17-11(2)8-19-3/h4-5,7,10-11H,6,8-9,15H2,1-3H3,(H,17,18). The number of pyridine rings is 1. The van der Waals surface area contributed by atoms with Crippen LogP contribution in [0.4, 0.5) is 0 Å². The van der Waals surface area contributed by atoms with E-state index in [-0.39, 0.29) is 24.6 Å². The van der Waals surface area contributed by atoms with Gasteiger partial charge in [0.15, 0.2) is 6.61 Å². The Bertz CT molecular complexity index is 407. The second-order valence-corrected chi connectivity index (χ2v) is 4.88. The molecule has 1 heterocycles. The molecule has 0 radical (unpaired) electrons. The van der Waals surface area contributed by atoms with Gasteiger partial charge < -0.3 is 20.5 Å². The van der Waals surface area contributed by atoms with Crippen LogP contribution in [-0.2, 0) is 16.0 Å². The molecule has 20 heavy (non-hydrogen) atoms. The Morgan fingerprint density at radius 2 is 2.20 bits per heavy atom. The Labute approximate surface area is 119 Å². The summed E-state index contributed by atoms with van der Waals surface area (Å²) in [6.45, 7) is 4.23. The highest BCUT2D eigenvalue weighted by Gasteiger charge is 2.08. The first-order valence-corrected chi connectivity index (χ1v) is 6.63. The number of hydrogen-bond donors (Lipinski definition) is 2. The molecular weight excluding hydrogens is 258 g/mol. The van der Waals surface area contributed by atoms with Crippen molar-refractivity contribution in [2.45, 2.75) is 32.4 Å². The van der Waals surface area contributed by atoms with Crippen molar-refractivity contribution in [1.82, 2.24) is 10.3 Å². The number of carbonyl (C=O) groups is 1. The van der Waals surface area contributed by atoms with E-state index in [2.05, 4.69) is 10.3 Å². The van der Waals surface area contributed by atoms with Gasteiger partial charge >= 0.3 is 0 Å². The summed E-state index contributed by atoms with van der Waals surface area (Å²) in [5.74, 6) is 0.377. The predicted molar refractivity (Wildman–Crippen MR) is 76.6 cm³/mol. The highest BCUT2D eigenvalue weighted by molar-refractivity contribution is 5.77. The molecule has 1 amide bonds. The fourth-order valence-electron chi connectivity index (χ4n) is 1.70. The van der Waals surface area contributed by atoms with Gasteiger partial charge in [0.1, 0.15) is 5.75 Å². The smallest absolute Gasteiger partial charge is 0.258 e. The van der Waals surface area contributed by atoms with E-state index < -0.39 is 0 Å². The van der Waals surface area contributed by atoms with E-state index >= 15 is 0 Å². The lowest BCUT2D eigenvalue weighted by molar-refractivity contribution is -0.124. The lowest BCUT2D eigenvalue weighted by Gasteiger charge is -2.13. The van der Waals surface area contributed by atoms with Crippen LogP contribution in [-0.4, -0.2) is 43.3 Å². The summed E-state index contributed by atoms with van der Waals surface area (Å²) in [7, 11) is 1.59. The highest BCUT2D eigenvalue weighted by Crippen LogP contribution is 2.09. The van der Waals surface area contributed by atoms with E-state index in [0.717, 1.165) is 12.1 Å². The van der Waals surface area contributed by atoms with E-state index in [4.69, 9.17) is 15.2 Å². The summed E-state index contributed by atoms with van der Waals surface area (Å²) >= 11 is 0. The first-order chi connectivity index (χ1) is 9.51. The zero-order chi connectivity index (χ0) is 15.0. The molecule has 2 atom stereocenters. The largest absolute Gasteiger partial charge is 0.482 e. The van der Waals surface area contributed by atoms with Gasteiger partial charge in [0.05, 0.1) is 12.8 Å². The van der Waals surface area contributed by atoms with Crippen LogP contribution in [0.15, 0.2) is 18.3 Å². The SMILES string of the molecule is COCC(C)NC(=O)COc1ccc(CC(C)N)nc1. The van der Waals surface area contributed by atoms with Crippen LogP contribution in [0.5, 0.6) is 5.75 Å². The monoisotopic (exact) mass is 281 g/mol. The number of amides is 1. The van der Waals surface area contributed by atoms with Crippen LogP contribution >= 0.6 is 0 Å².